The van der Waals surface area contributed by atoms with Crippen LogP contribution < -0.4 is 5.32 Å². The zero-order valence-corrected chi connectivity index (χ0v) is 9.39. The Kier molecular flexibility index (Phi) is 3.46. The predicted molar refractivity (Wildman–Crippen MR) is 59.6 cm³/mol. The molecule has 5 heteroatoms. The quantitative estimate of drug-likeness (QED) is 0.799. The van der Waals surface area contributed by atoms with E-state index >= 15 is 0 Å². The van der Waals surface area contributed by atoms with Gasteiger partial charge in [0.05, 0.1) is 24.5 Å². The summed E-state index contributed by atoms with van der Waals surface area (Å²) in [5, 5.41) is 2.89. The monoisotopic (exact) mass is 220 g/mol. The first-order valence-electron chi connectivity index (χ1n) is 5.53. The lowest BCUT2D eigenvalue weighted by Crippen LogP contribution is -2.36. The van der Waals surface area contributed by atoms with Crippen molar-refractivity contribution in [3.05, 3.63) is 24.3 Å². The number of nitrogens with zero attached hydrogens (tertiary/aromatic N) is 3. The maximum atomic E-state index is 11.8. The minimum Gasteiger partial charge on any atom is -0.333 e. The zero-order valence-electron chi connectivity index (χ0n) is 9.39. The third-order valence-corrected chi connectivity index (χ3v) is 2.83. The van der Waals surface area contributed by atoms with Gasteiger partial charge in [0.2, 0.25) is 5.91 Å². The summed E-state index contributed by atoms with van der Waals surface area (Å²) in [6, 6.07) is 0.106. The van der Waals surface area contributed by atoms with Gasteiger partial charge in [-0.15, -0.1) is 0 Å². The maximum absolute atomic E-state index is 11.8. The van der Waals surface area contributed by atoms with Crippen LogP contribution in [0.5, 0.6) is 0 Å². The Bertz CT molecular complexity index is 354. The standard InChI is InChI=1S/C11H16N4O/c1-12-8-11(16)15-6-2-3-10(15)9-7-13-4-5-14-9/h4-5,7,10,12H,2-3,6,8H2,1H3/t10-/m1/s1. The highest BCUT2D eigenvalue weighted by molar-refractivity contribution is 5.79. The average Bonchev–Trinajstić information content (AvgIpc) is 2.79. The first kappa shape index (κ1) is 11.0. The Morgan fingerprint density at radius 1 is 1.62 bits per heavy atom. The first-order chi connectivity index (χ1) is 7.83. The summed E-state index contributed by atoms with van der Waals surface area (Å²) >= 11 is 0. The Morgan fingerprint density at radius 3 is 3.19 bits per heavy atom. The van der Waals surface area contributed by atoms with E-state index in [9.17, 15) is 4.79 Å². The van der Waals surface area contributed by atoms with E-state index in [4.69, 9.17) is 0 Å². The summed E-state index contributed by atoms with van der Waals surface area (Å²) in [7, 11) is 1.78. The second kappa shape index (κ2) is 5.03. The van der Waals surface area contributed by atoms with Crippen LogP contribution >= 0.6 is 0 Å². The number of rotatable bonds is 3. The van der Waals surface area contributed by atoms with E-state index in [1.54, 1.807) is 25.6 Å². The highest BCUT2D eigenvalue weighted by atomic mass is 16.2. The molecule has 5 nitrogen and oxygen atoms in total. The topological polar surface area (TPSA) is 58.1 Å². The van der Waals surface area contributed by atoms with Crippen LogP contribution in [-0.4, -0.2) is 40.9 Å². The minimum atomic E-state index is 0.106. The van der Waals surface area contributed by atoms with Crippen molar-refractivity contribution in [2.75, 3.05) is 20.1 Å². The molecule has 0 aromatic carbocycles. The molecule has 2 heterocycles. The van der Waals surface area contributed by atoms with Crippen molar-refractivity contribution in [3.8, 4) is 0 Å². The van der Waals surface area contributed by atoms with Crippen LogP contribution in [0.15, 0.2) is 18.6 Å². The summed E-state index contributed by atoms with van der Waals surface area (Å²) in [6.45, 7) is 1.21. The Hall–Kier alpha value is -1.49. The minimum absolute atomic E-state index is 0.106. The molecule has 0 radical (unpaired) electrons. The highest BCUT2D eigenvalue weighted by Gasteiger charge is 2.30. The van der Waals surface area contributed by atoms with Gasteiger partial charge in [0.15, 0.2) is 0 Å². The number of likely N-dealkylation sites (tertiary alicyclic amines) is 1. The summed E-state index contributed by atoms with van der Waals surface area (Å²) < 4.78 is 0. The fraction of sp³-hybridized carbons (Fsp3) is 0.545. The van der Waals surface area contributed by atoms with Gasteiger partial charge in [0.25, 0.3) is 0 Å². The molecule has 1 N–H and O–H groups in total. The average molecular weight is 220 g/mol. The largest absolute Gasteiger partial charge is 0.333 e. The van der Waals surface area contributed by atoms with Gasteiger partial charge in [0, 0.05) is 18.9 Å². The molecule has 1 aliphatic heterocycles. The van der Waals surface area contributed by atoms with Gasteiger partial charge in [-0.1, -0.05) is 0 Å². The third kappa shape index (κ3) is 2.19. The number of aromatic nitrogens is 2. The molecule has 1 aromatic rings. The van der Waals surface area contributed by atoms with Crippen molar-refractivity contribution >= 4 is 5.91 Å². The molecule has 0 bridgehead atoms. The lowest BCUT2D eigenvalue weighted by molar-refractivity contribution is -0.131. The Morgan fingerprint density at radius 2 is 2.50 bits per heavy atom. The molecule has 16 heavy (non-hydrogen) atoms. The van der Waals surface area contributed by atoms with Crippen LogP contribution in [0.4, 0.5) is 0 Å². The fourth-order valence-electron chi connectivity index (χ4n) is 2.11. The number of amides is 1. The molecular weight excluding hydrogens is 204 g/mol. The van der Waals surface area contributed by atoms with Crippen LogP contribution in [0.2, 0.25) is 0 Å². The van der Waals surface area contributed by atoms with E-state index in [1.807, 2.05) is 4.90 Å². The van der Waals surface area contributed by atoms with Crippen molar-refractivity contribution in [2.24, 2.45) is 0 Å². The molecule has 1 saturated heterocycles. The molecule has 1 aromatic heterocycles. The number of likely N-dealkylation sites (N-methyl/N-ethyl adjacent to an activating group) is 1. The summed E-state index contributed by atoms with van der Waals surface area (Å²) in [5.74, 6) is 0.135. The first-order valence-corrected chi connectivity index (χ1v) is 5.53. The van der Waals surface area contributed by atoms with E-state index in [0.717, 1.165) is 25.1 Å². The van der Waals surface area contributed by atoms with E-state index in [1.165, 1.54) is 0 Å². The lowest BCUT2D eigenvalue weighted by atomic mass is 10.1. The van der Waals surface area contributed by atoms with Crippen molar-refractivity contribution in [3.63, 3.8) is 0 Å². The van der Waals surface area contributed by atoms with Crippen LogP contribution in [0.3, 0.4) is 0 Å². The summed E-state index contributed by atoms with van der Waals surface area (Å²) in [4.78, 5) is 22.1. The third-order valence-electron chi connectivity index (χ3n) is 2.83. The zero-order chi connectivity index (χ0) is 11.4. The van der Waals surface area contributed by atoms with E-state index in [2.05, 4.69) is 15.3 Å². The van der Waals surface area contributed by atoms with Gasteiger partial charge in [-0.05, 0) is 19.9 Å². The number of nitrogens with one attached hydrogen (secondary N) is 1. The van der Waals surface area contributed by atoms with E-state index < -0.39 is 0 Å². The van der Waals surface area contributed by atoms with E-state index in [-0.39, 0.29) is 11.9 Å². The molecule has 0 unspecified atom stereocenters. The Labute approximate surface area is 94.9 Å². The van der Waals surface area contributed by atoms with Gasteiger partial charge >= 0.3 is 0 Å². The van der Waals surface area contributed by atoms with Gasteiger partial charge in [-0.25, -0.2) is 0 Å². The van der Waals surface area contributed by atoms with Crippen LogP contribution in [0.25, 0.3) is 0 Å². The van der Waals surface area contributed by atoms with Crippen LogP contribution in [0, 0.1) is 0 Å². The van der Waals surface area contributed by atoms with Crippen molar-refractivity contribution in [2.45, 2.75) is 18.9 Å². The number of hydrogen-bond donors (Lipinski definition) is 1. The van der Waals surface area contributed by atoms with Gasteiger partial charge in [-0.3, -0.25) is 14.8 Å². The molecule has 0 spiro atoms. The molecule has 86 valence electrons. The summed E-state index contributed by atoms with van der Waals surface area (Å²) in [5.41, 5.74) is 0.893. The van der Waals surface area contributed by atoms with Gasteiger partial charge in [-0.2, -0.15) is 0 Å². The number of carbonyl (C=O) groups is 1. The van der Waals surface area contributed by atoms with Crippen LogP contribution in [0.1, 0.15) is 24.6 Å². The molecule has 1 aliphatic rings. The predicted octanol–water partition coefficient (Wildman–Crippen LogP) is 0.359. The van der Waals surface area contributed by atoms with E-state index in [0.29, 0.717) is 6.54 Å². The smallest absolute Gasteiger partial charge is 0.237 e. The molecule has 2 rings (SSSR count). The molecule has 1 amide bonds. The van der Waals surface area contributed by atoms with Crippen molar-refractivity contribution in [1.29, 1.82) is 0 Å². The molecule has 1 fully saturated rings. The molecule has 0 aliphatic carbocycles. The van der Waals surface area contributed by atoms with Crippen LogP contribution in [-0.2, 0) is 4.79 Å². The van der Waals surface area contributed by atoms with Crippen molar-refractivity contribution < 1.29 is 4.79 Å². The SMILES string of the molecule is CNCC(=O)N1CCC[C@@H]1c1cnccn1. The summed E-state index contributed by atoms with van der Waals surface area (Å²) in [6.07, 6.45) is 7.09. The highest BCUT2D eigenvalue weighted by Crippen LogP contribution is 2.29. The Balaban J connectivity index is 2.12. The second-order valence-electron chi connectivity index (χ2n) is 3.91. The van der Waals surface area contributed by atoms with Gasteiger partial charge in [0.1, 0.15) is 0 Å². The maximum Gasteiger partial charge on any atom is 0.237 e. The molecule has 0 saturated carbocycles. The number of hydrogen-bond acceptors (Lipinski definition) is 4. The van der Waals surface area contributed by atoms with Crippen molar-refractivity contribution in [1.82, 2.24) is 20.2 Å². The lowest BCUT2D eigenvalue weighted by Gasteiger charge is -2.23. The normalized spacial score (nSPS) is 20.1. The van der Waals surface area contributed by atoms with Gasteiger partial charge < -0.3 is 10.2 Å². The molecular formula is C11H16N4O. The fourth-order valence-corrected chi connectivity index (χ4v) is 2.11. The second-order valence-corrected chi connectivity index (χ2v) is 3.91. The molecule has 1 atom stereocenters. The number of carbonyl (C=O) groups excluding carboxylic acids is 1.